The lowest BCUT2D eigenvalue weighted by Crippen LogP contribution is -2.39. The number of methoxy groups -OCH3 is 2. The zero-order valence-corrected chi connectivity index (χ0v) is 18.3. The van der Waals surface area contributed by atoms with Gasteiger partial charge in [-0.3, -0.25) is 9.10 Å². The van der Waals surface area contributed by atoms with E-state index in [0.717, 1.165) is 16.1 Å². The number of anilines is 1. The lowest BCUT2D eigenvalue weighted by molar-refractivity contribution is -0.119. The second-order valence-electron chi connectivity index (χ2n) is 6.36. The van der Waals surface area contributed by atoms with Crippen LogP contribution in [0.2, 0.25) is 0 Å². The van der Waals surface area contributed by atoms with Gasteiger partial charge in [0.2, 0.25) is 10.0 Å². The zero-order valence-electron chi connectivity index (χ0n) is 17.5. The molecule has 0 unspecified atom stereocenters. The van der Waals surface area contributed by atoms with Crippen molar-refractivity contribution in [2.24, 2.45) is 5.10 Å². The van der Waals surface area contributed by atoms with Gasteiger partial charge in [-0.15, -0.1) is 0 Å². The lowest BCUT2D eigenvalue weighted by Gasteiger charge is -2.21. The van der Waals surface area contributed by atoms with Crippen LogP contribution in [0.15, 0.2) is 47.6 Å². The molecule has 0 spiro atoms. The molecule has 0 saturated heterocycles. The summed E-state index contributed by atoms with van der Waals surface area (Å²) in [5.74, 6) is -0.222. The Morgan fingerprint density at radius 1 is 1.10 bits per heavy atom. The highest BCUT2D eigenvalue weighted by molar-refractivity contribution is 7.92. The van der Waals surface area contributed by atoms with Crippen molar-refractivity contribution in [1.29, 1.82) is 0 Å². The van der Waals surface area contributed by atoms with Crippen LogP contribution in [0.25, 0.3) is 0 Å². The molecule has 0 aliphatic rings. The SMILES string of the molecule is COC(=O)Oc1ccc(/C=N\NC(=O)CN(c2ccc(C)cc2)S(C)(=O)=O)cc1OC. The van der Waals surface area contributed by atoms with E-state index in [9.17, 15) is 18.0 Å². The van der Waals surface area contributed by atoms with Gasteiger partial charge in [-0.2, -0.15) is 5.10 Å². The molecule has 0 saturated carbocycles. The van der Waals surface area contributed by atoms with E-state index < -0.39 is 28.6 Å². The molecule has 0 bridgehead atoms. The van der Waals surface area contributed by atoms with Crippen LogP contribution in [0, 0.1) is 6.92 Å². The number of carbonyl (C=O) groups is 2. The maximum atomic E-state index is 12.2. The largest absolute Gasteiger partial charge is 0.513 e. The van der Waals surface area contributed by atoms with E-state index in [2.05, 4.69) is 15.3 Å². The number of sulfonamides is 1. The van der Waals surface area contributed by atoms with Crippen molar-refractivity contribution in [1.82, 2.24) is 5.43 Å². The van der Waals surface area contributed by atoms with Crippen LogP contribution in [0.4, 0.5) is 10.5 Å². The van der Waals surface area contributed by atoms with Crippen LogP contribution in [0.1, 0.15) is 11.1 Å². The third-order valence-corrected chi connectivity index (χ3v) is 5.10. The molecule has 166 valence electrons. The molecule has 2 aromatic rings. The van der Waals surface area contributed by atoms with Crippen LogP contribution in [-0.4, -0.2) is 53.7 Å². The molecule has 0 aliphatic carbocycles. The molecule has 10 nitrogen and oxygen atoms in total. The number of ether oxygens (including phenoxy) is 3. The molecule has 0 aromatic heterocycles. The van der Waals surface area contributed by atoms with Crippen molar-refractivity contribution in [3.63, 3.8) is 0 Å². The van der Waals surface area contributed by atoms with E-state index in [1.54, 1.807) is 30.3 Å². The van der Waals surface area contributed by atoms with Gasteiger partial charge in [0.15, 0.2) is 11.5 Å². The number of benzene rings is 2. The Balaban J connectivity index is 2.06. The summed E-state index contributed by atoms with van der Waals surface area (Å²) in [4.78, 5) is 23.5. The van der Waals surface area contributed by atoms with E-state index in [1.165, 1.54) is 32.6 Å². The molecular formula is C20H23N3O7S. The first-order valence-corrected chi connectivity index (χ1v) is 10.8. The van der Waals surface area contributed by atoms with Crippen LogP contribution < -0.4 is 19.2 Å². The molecule has 0 atom stereocenters. The first-order valence-electron chi connectivity index (χ1n) is 8.94. The number of nitrogens with one attached hydrogen (secondary N) is 1. The van der Waals surface area contributed by atoms with Gasteiger partial charge in [0.25, 0.3) is 5.91 Å². The normalized spacial score (nSPS) is 11.1. The summed E-state index contributed by atoms with van der Waals surface area (Å²) in [5.41, 5.74) is 4.16. The van der Waals surface area contributed by atoms with Crippen molar-refractivity contribution in [3.8, 4) is 11.5 Å². The monoisotopic (exact) mass is 449 g/mol. The van der Waals surface area contributed by atoms with Gasteiger partial charge < -0.3 is 14.2 Å². The van der Waals surface area contributed by atoms with Gasteiger partial charge in [-0.05, 0) is 42.8 Å². The topological polar surface area (TPSA) is 124 Å². The number of carbonyl (C=O) groups excluding carboxylic acids is 2. The molecule has 0 aliphatic heterocycles. The van der Waals surface area contributed by atoms with Crippen LogP contribution in [0.5, 0.6) is 11.5 Å². The number of hydrazone groups is 1. The summed E-state index contributed by atoms with van der Waals surface area (Å²) >= 11 is 0. The van der Waals surface area contributed by atoms with E-state index in [0.29, 0.717) is 11.3 Å². The van der Waals surface area contributed by atoms with Crippen molar-refractivity contribution in [3.05, 3.63) is 53.6 Å². The Labute approximate surface area is 180 Å². The number of aryl methyl sites for hydroxylation is 1. The summed E-state index contributed by atoms with van der Waals surface area (Å²) in [5, 5.41) is 3.83. The number of hydrogen-bond acceptors (Lipinski definition) is 8. The summed E-state index contributed by atoms with van der Waals surface area (Å²) < 4.78 is 39.7. The Hall–Kier alpha value is -3.60. The molecular weight excluding hydrogens is 426 g/mol. The van der Waals surface area contributed by atoms with Crippen molar-refractivity contribution >= 4 is 34.0 Å². The van der Waals surface area contributed by atoms with Gasteiger partial charge in [0.05, 0.1) is 32.4 Å². The van der Waals surface area contributed by atoms with Crippen molar-refractivity contribution in [2.45, 2.75) is 6.92 Å². The molecule has 2 rings (SSSR count). The number of hydrogen-bond donors (Lipinski definition) is 1. The van der Waals surface area contributed by atoms with E-state index >= 15 is 0 Å². The minimum atomic E-state index is -3.68. The lowest BCUT2D eigenvalue weighted by atomic mass is 10.2. The number of nitrogens with zero attached hydrogens (tertiary/aromatic N) is 2. The molecule has 1 amide bonds. The Kier molecular flexibility index (Phi) is 7.97. The summed E-state index contributed by atoms with van der Waals surface area (Å²) in [7, 11) is -1.10. The quantitative estimate of drug-likeness (QED) is 0.283. The second kappa shape index (κ2) is 10.4. The van der Waals surface area contributed by atoms with E-state index in [4.69, 9.17) is 9.47 Å². The standard InChI is InChI=1S/C20H23N3O7S/c1-14-5-8-16(9-6-14)23(31(4,26)27)13-19(24)22-21-12-15-7-10-17(18(11-15)28-2)30-20(25)29-3/h5-12H,13H2,1-4H3,(H,22,24)/b21-12-. The molecule has 1 N–H and O–H groups in total. The Bertz CT molecular complexity index is 1070. The Morgan fingerprint density at radius 3 is 2.35 bits per heavy atom. The molecule has 0 fully saturated rings. The third kappa shape index (κ3) is 7.00. The summed E-state index contributed by atoms with van der Waals surface area (Å²) in [6.45, 7) is 1.44. The third-order valence-electron chi connectivity index (χ3n) is 3.96. The first-order chi connectivity index (χ1) is 14.6. The predicted octanol–water partition coefficient (Wildman–Crippen LogP) is 2.07. The van der Waals surface area contributed by atoms with E-state index in [-0.39, 0.29) is 11.5 Å². The Morgan fingerprint density at radius 2 is 1.77 bits per heavy atom. The molecule has 31 heavy (non-hydrogen) atoms. The average Bonchev–Trinajstić information content (AvgIpc) is 2.72. The van der Waals surface area contributed by atoms with Crippen LogP contribution >= 0.6 is 0 Å². The average molecular weight is 449 g/mol. The smallest absolute Gasteiger partial charge is 0.493 e. The first kappa shape index (κ1) is 23.7. The minimum Gasteiger partial charge on any atom is -0.493 e. The highest BCUT2D eigenvalue weighted by atomic mass is 32.2. The van der Waals surface area contributed by atoms with E-state index in [1.807, 2.05) is 6.92 Å². The molecule has 2 aromatic carbocycles. The highest BCUT2D eigenvalue weighted by Gasteiger charge is 2.20. The number of rotatable bonds is 8. The molecule has 0 radical (unpaired) electrons. The highest BCUT2D eigenvalue weighted by Crippen LogP contribution is 2.27. The second-order valence-corrected chi connectivity index (χ2v) is 8.27. The van der Waals surface area contributed by atoms with Crippen LogP contribution in [0.3, 0.4) is 0 Å². The van der Waals surface area contributed by atoms with Gasteiger partial charge in [-0.1, -0.05) is 17.7 Å². The van der Waals surface area contributed by atoms with Crippen LogP contribution in [-0.2, 0) is 19.6 Å². The molecule has 11 heteroatoms. The fourth-order valence-corrected chi connectivity index (χ4v) is 3.29. The summed E-state index contributed by atoms with van der Waals surface area (Å²) in [6, 6.07) is 11.3. The van der Waals surface area contributed by atoms with Gasteiger partial charge in [0.1, 0.15) is 6.54 Å². The van der Waals surface area contributed by atoms with Gasteiger partial charge in [-0.25, -0.2) is 18.6 Å². The fourth-order valence-electron chi connectivity index (χ4n) is 2.44. The van der Waals surface area contributed by atoms with Crippen molar-refractivity contribution in [2.75, 3.05) is 31.3 Å². The van der Waals surface area contributed by atoms with Gasteiger partial charge >= 0.3 is 6.16 Å². The van der Waals surface area contributed by atoms with Gasteiger partial charge in [0, 0.05) is 0 Å². The zero-order chi connectivity index (χ0) is 23.0. The predicted molar refractivity (Wildman–Crippen MR) is 115 cm³/mol. The van der Waals surface area contributed by atoms with Crippen molar-refractivity contribution < 1.29 is 32.2 Å². The maximum absolute atomic E-state index is 12.2. The maximum Gasteiger partial charge on any atom is 0.513 e. The minimum absolute atomic E-state index is 0.150. The molecule has 0 heterocycles. The fraction of sp³-hybridized carbons (Fsp3) is 0.250. The number of amides is 1. The summed E-state index contributed by atoms with van der Waals surface area (Å²) in [6.07, 6.45) is 1.46.